The molecule has 0 spiro atoms. The lowest BCUT2D eigenvalue weighted by Gasteiger charge is -2.25. The van der Waals surface area contributed by atoms with Gasteiger partial charge in [-0.2, -0.15) is 0 Å². The third-order valence-electron chi connectivity index (χ3n) is 8.61. The van der Waals surface area contributed by atoms with Crippen LogP contribution in [-0.2, 0) is 35.3 Å². The first-order valence-electron chi connectivity index (χ1n) is 17.2. The molecular formula is C35H51N7O8. The lowest BCUT2D eigenvalue weighted by molar-refractivity contribution is -0.137. The van der Waals surface area contributed by atoms with Gasteiger partial charge in [-0.05, 0) is 68.6 Å². The van der Waals surface area contributed by atoms with Crippen LogP contribution in [0.5, 0.6) is 0 Å². The van der Waals surface area contributed by atoms with Gasteiger partial charge < -0.3 is 36.6 Å². The minimum Gasteiger partial charge on any atom is -0.445 e. The number of benzene rings is 1. The number of unbranched alkanes of at least 4 members (excludes halogenated alkanes) is 2. The summed E-state index contributed by atoms with van der Waals surface area (Å²) < 4.78 is 5.42. The van der Waals surface area contributed by atoms with E-state index in [2.05, 4.69) is 28.2 Å². The molecule has 8 amide bonds. The van der Waals surface area contributed by atoms with E-state index in [1.807, 2.05) is 0 Å². The van der Waals surface area contributed by atoms with E-state index >= 15 is 0 Å². The maximum Gasteiger partial charge on any atom is 0.410 e. The predicted molar refractivity (Wildman–Crippen MR) is 185 cm³/mol. The number of carbonyl (C=O) groups is 7. The van der Waals surface area contributed by atoms with E-state index in [-0.39, 0.29) is 62.3 Å². The van der Waals surface area contributed by atoms with Crippen molar-refractivity contribution in [3.05, 3.63) is 41.5 Å². The fourth-order valence-corrected chi connectivity index (χ4v) is 5.66. The highest BCUT2D eigenvalue weighted by atomic mass is 16.6. The molecule has 3 atom stereocenters. The molecule has 3 rings (SSSR count). The maximum absolute atomic E-state index is 13.4. The molecule has 15 nitrogen and oxygen atoms in total. The standard InChI is InChI=1S/C35H51N7O8/c1-22(2)30(40-28(43)10-6-5-7-17-42-29(44)19-24(4)33(42)47)32(46)39-27(9-8-16-37-34(36)48)31(45)38-26-13-11-25(12-14-26)21-50-35(49)41-18-15-23(3)20-41/h11-14,19,22-23,27,30H,5-10,15-18,20-21H2,1-4H3,(H,38,45)(H,39,46)(H,40,43)(H3,36,37,48)/t23-,27-,30-/m0/s1. The van der Waals surface area contributed by atoms with Crippen molar-refractivity contribution in [1.82, 2.24) is 25.8 Å². The third-order valence-corrected chi connectivity index (χ3v) is 8.61. The summed E-state index contributed by atoms with van der Waals surface area (Å²) in [5.74, 6) is -1.83. The van der Waals surface area contributed by atoms with Gasteiger partial charge in [0.05, 0.1) is 0 Å². The average molecular weight is 698 g/mol. The SMILES string of the molecule is CC1=CC(=O)N(CCCCCC(=O)N[C@H](C(=O)N[C@@H](CCCNC(N)=O)C(=O)Nc2ccc(COC(=O)N3CC[C@H](C)C3)cc2)C(C)C)C1=O. The highest BCUT2D eigenvalue weighted by Gasteiger charge is 2.30. The fraction of sp³-hybridized carbons (Fsp3) is 0.571. The molecule has 0 radical (unpaired) electrons. The van der Waals surface area contributed by atoms with Crippen LogP contribution >= 0.6 is 0 Å². The van der Waals surface area contributed by atoms with Crippen molar-refractivity contribution in [3.63, 3.8) is 0 Å². The number of nitrogens with two attached hydrogens (primary N) is 1. The van der Waals surface area contributed by atoms with Gasteiger partial charge in [-0.3, -0.25) is 28.9 Å². The van der Waals surface area contributed by atoms with E-state index in [0.29, 0.717) is 56.0 Å². The molecule has 0 bridgehead atoms. The van der Waals surface area contributed by atoms with Gasteiger partial charge in [-0.15, -0.1) is 0 Å². The number of amides is 8. The smallest absolute Gasteiger partial charge is 0.410 e. The van der Waals surface area contributed by atoms with Gasteiger partial charge in [-0.25, -0.2) is 9.59 Å². The normalized spacial score (nSPS) is 16.9. The Hall–Kier alpha value is -4.95. The van der Waals surface area contributed by atoms with E-state index < -0.39 is 29.9 Å². The van der Waals surface area contributed by atoms with Crippen molar-refractivity contribution in [2.24, 2.45) is 17.6 Å². The molecule has 2 aliphatic rings. The Morgan fingerprint density at radius 3 is 2.30 bits per heavy atom. The summed E-state index contributed by atoms with van der Waals surface area (Å²) in [6.07, 6.45) is 4.22. The van der Waals surface area contributed by atoms with E-state index in [4.69, 9.17) is 10.5 Å². The minimum absolute atomic E-state index is 0.0872. The molecule has 274 valence electrons. The van der Waals surface area contributed by atoms with E-state index in [1.54, 1.807) is 49.9 Å². The zero-order chi connectivity index (χ0) is 36.8. The Labute approximate surface area is 293 Å². The minimum atomic E-state index is -0.993. The lowest BCUT2D eigenvalue weighted by Crippen LogP contribution is -2.54. The summed E-state index contributed by atoms with van der Waals surface area (Å²) >= 11 is 0. The average Bonchev–Trinajstić information content (AvgIpc) is 3.61. The van der Waals surface area contributed by atoms with Gasteiger partial charge in [0.25, 0.3) is 11.8 Å². The van der Waals surface area contributed by atoms with Gasteiger partial charge in [0, 0.05) is 49.9 Å². The monoisotopic (exact) mass is 697 g/mol. The molecule has 2 aliphatic heterocycles. The van der Waals surface area contributed by atoms with Crippen molar-refractivity contribution >= 4 is 47.3 Å². The van der Waals surface area contributed by atoms with Crippen molar-refractivity contribution < 1.29 is 38.3 Å². The summed E-state index contributed by atoms with van der Waals surface area (Å²) in [4.78, 5) is 89.8. The fourth-order valence-electron chi connectivity index (χ4n) is 5.66. The van der Waals surface area contributed by atoms with Crippen LogP contribution < -0.4 is 27.0 Å². The topological polar surface area (TPSA) is 209 Å². The number of primary amides is 1. The van der Waals surface area contributed by atoms with Crippen LogP contribution in [0.4, 0.5) is 15.3 Å². The van der Waals surface area contributed by atoms with Crippen molar-refractivity contribution in [2.45, 2.75) is 91.3 Å². The Morgan fingerprint density at radius 2 is 1.70 bits per heavy atom. The Bertz CT molecular complexity index is 1430. The number of carbonyl (C=O) groups excluding carboxylic acids is 7. The molecule has 6 N–H and O–H groups in total. The second kappa shape index (κ2) is 19.3. The van der Waals surface area contributed by atoms with Crippen LogP contribution in [0, 0.1) is 11.8 Å². The molecule has 1 saturated heterocycles. The molecule has 1 aromatic rings. The second-order valence-electron chi connectivity index (χ2n) is 13.3. The van der Waals surface area contributed by atoms with E-state index in [9.17, 15) is 33.6 Å². The number of urea groups is 1. The summed E-state index contributed by atoms with van der Waals surface area (Å²) in [5, 5.41) is 10.8. The number of rotatable bonds is 18. The highest BCUT2D eigenvalue weighted by molar-refractivity contribution is 6.15. The molecule has 0 aromatic heterocycles. The van der Waals surface area contributed by atoms with Gasteiger partial charge >= 0.3 is 12.1 Å². The molecule has 0 saturated carbocycles. The van der Waals surface area contributed by atoms with E-state index in [1.165, 1.54) is 11.0 Å². The van der Waals surface area contributed by atoms with Crippen LogP contribution in [-0.4, -0.2) is 89.7 Å². The molecule has 15 heteroatoms. The molecular weight excluding hydrogens is 646 g/mol. The highest BCUT2D eigenvalue weighted by Crippen LogP contribution is 2.18. The molecule has 50 heavy (non-hydrogen) atoms. The largest absolute Gasteiger partial charge is 0.445 e. The van der Waals surface area contributed by atoms with Crippen LogP contribution in [0.25, 0.3) is 0 Å². The first-order chi connectivity index (χ1) is 23.7. The number of hydrogen-bond donors (Lipinski definition) is 5. The number of anilines is 1. The van der Waals surface area contributed by atoms with E-state index in [0.717, 1.165) is 12.0 Å². The second-order valence-corrected chi connectivity index (χ2v) is 13.3. The maximum atomic E-state index is 13.4. The summed E-state index contributed by atoms with van der Waals surface area (Å²) in [7, 11) is 0. The van der Waals surface area contributed by atoms with Crippen LogP contribution in [0.3, 0.4) is 0 Å². The molecule has 2 heterocycles. The Morgan fingerprint density at radius 1 is 0.980 bits per heavy atom. The summed E-state index contributed by atoms with van der Waals surface area (Å²) in [5.41, 5.74) is 6.77. The van der Waals surface area contributed by atoms with Gasteiger partial charge in [-0.1, -0.05) is 39.3 Å². The molecule has 0 aliphatic carbocycles. The molecule has 1 aromatic carbocycles. The quantitative estimate of drug-likeness (QED) is 0.113. The number of imide groups is 1. The number of likely N-dealkylation sites (tertiary alicyclic amines) is 1. The number of hydrogen-bond acceptors (Lipinski definition) is 8. The summed E-state index contributed by atoms with van der Waals surface area (Å²) in [6.45, 7) is 9.16. The first-order valence-corrected chi connectivity index (χ1v) is 17.2. The van der Waals surface area contributed by atoms with Gasteiger partial charge in [0.2, 0.25) is 17.7 Å². The van der Waals surface area contributed by atoms with Crippen molar-refractivity contribution in [1.29, 1.82) is 0 Å². The van der Waals surface area contributed by atoms with Crippen molar-refractivity contribution in [3.8, 4) is 0 Å². The molecule has 1 fully saturated rings. The van der Waals surface area contributed by atoms with Crippen LogP contribution in [0.2, 0.25) is 0 Å². The first kappa shape index (κ1) is 39.5. The van der Waals surface area contributed by atoms with Crippen LogP contribution in [0.1, 0.15) is 78.2 Å². The number of nitrogens with zero attached hydrogens (tertiary/aromatic N) is 2. The van der Waals surface area contributed by atoms with Crippen molar-refractivity contribution in [2.75, 3.05) is 31.5 Å². The predicted octanol–water partition coefficient (Wildman–Crippen LogP) is 2.55. The number of nitrogens with one attached hydrogen (secondary N) is 4. The zero-order valence-electron chi connectivity index (χ0n) is 29.4. The third kappa shape index (κ3) is 12.5. The van der Waals surface area contributed by atoms with Crippen LogP contribution in [0.15, 0.2) is 35.9 Å². The Kier molecular flexibility index (Phi) is 15.2. The van der Waals surface area contributed by atoms with Gasteiger partial charge in [0.1, 0.15) is 18.7 Å². The lowest BCUT2D eigenvalue weighted by atomic mass is 10.0. The number of ether oxygens (including phenoxy) is 1. The zero-order valence-corrected chi connectivity index (χ0v) is 29.4. The summed E-state index contributed by atoms with van der Waals surface area (Å²) in [6, 6.07) is 4.18. The molecule has 0 unspecified atom stereocenters. The Balaban J connectivity index is 1.51. The van der Waals surface area contributed by atoms with Gasteiger partial charge in [0.15, 0.2) is 0 Å².